The molecular formula is C24H35N3O4. The van der Waals surface area contributed by atoms with E-state index in [1.165, 1.54) is 0 Å². The molecule has 2 bridgehead atoms. The molecule has 2 amide bonds. The normalized spacial score (nSPS) is 22.4. The third-order valence-electron chi connectivity index (χ3n) is 6.65. The van der Waals surface area contributed by atoms with Crippen molar-refractivity contribution in [1.29, 1.82) is 0 Å². The van der Waals surface area contributed by atoms with Crippen LogP contribution in [0.1, 0.15) is 64.4 Å². The molecule has 2 atom stereocenters. The SMILES string of the molecule is CCC(=O)N1CCC2CCCC(CN(C(=O)CCC(=O)O)Cc3ccccc31)N2CC. The van der Waals surface area contributed by atoms with Gasteiger partial charge in [0.15, 0.2) is 0 Å². The van der Waals surface area contributed by atoms with E-state index in [1.54, 1.807) is 0 Å². The second-order valence-corrected chi connectivity index (χ2v) is 8.55. The third-order valence-corrected chi connectivity index (χ3v) is 6.65. The van der Waals surface area contributed by atoms with Crippen molar-refractivity contribution in [2.75, 3.05) is 24.5 Å². The molecule has 1 saturated heterocycles. The molecule has 170 valence electrons. The molecule has 0 aliphatic carbocycles. The van der Waals surface area contributed by atoms with E-state index in [2.05, 4.69) is 11.8 Å². The maximum Gasteiger partial charge on any atom is 0.303 e. The van der Waals surface area contributed by atoms with Gasteiger partial charge in [-0.15, -0.1) is 0 Å². The van der Waals surface area contributed by atoms with E-state index in [-0.39, 0.29) is 30.7 Å². The smallest absolute Gasteiger partial charge is 0.303 e. The van der Waals surface area contributed by atoms with E-state index < -0.39 is 5.97 Å². The zero-order valence-corrected chi connectivity index (χ0v) is 18.8. The van der Waals surface area contributed by atoms with E-state index in [4.69, 9.17) is 5.11 Å². The standard InChI is InChI=1S/C24H35N3O4/c1-3-22(28)27-15-14-19-9-7-10-20(26(19)4-2)17-25(23(29)12-13-24(30)31)16-18-8-5-6-11-21(18)27/h5-6,8,11,19-20H,3-4,7,9-10,12-17H2,1-2H3,(H,30,31). The van der Waals surface area contributed by atoms with Gasteiger partial charge in [-0.05, 0) is 37.4 Å². The van der Waals surface area contributed by atoms with E-state index in [1.807, 2.05) is 41.0 Å². The summed E-state index contributed by atoms with van der Waals surface area (Å²) >= 11 is 0. The Morgan fingerprint density at radius 3 is 2.45 bits per heavy atom. The lowest BCUT2D eigenvalue weighted by molar-refractivity contribution is -0.141. The summed E-state index contributed by atoms with van der Waals surface area (Å²) in [5.74, 6) is -1.01. The van der Waals surface area contributed by atoms with Gasteiger partial charge in [0.05, 0.1) is 6.42 Å². The molecule has 0 radical (unpaired) electrons. The summed E-state index contributed by atoms with van der Waals surface area (Å²) in [6.07, 6.45) is 4.43. The second-order valence-electron chi connectivity index (χ2n) is 8.55. The number of nitrogens with zero attached hydrogens (tertiary/aromatic N) is 3. The van der Waals surface area contributed by atoms with Gasteiger partial charge in [-0.3, -0.25) is 19.3 Å². The van der Waals surface area contributed by atoms with Crippen LogP contribution in [0.25, 0.3) is 0 Å². The number of piperidine rings is 1. The second kappa shape index (κ2) is 10.8. The van der Waals surface area contributed by atoms with Crippen LogP contribution in [-0.2, 0) is 20.9 Å². The predicted octanol–water partition coefficient (Wildman–Crippen LogP) is 3.27. The summed E-state index contributed by atoms with van der Waals surface area (Å²) in [6.45, 7) is 6.60. The zero-order chi connectivity index (χ0) is 22.4. The lowest BCUT2D eigenvalue weighted by Crippen LogP contribution is -2.52. The van der Waals surface area contributed by atoms with E-state index in [0.29, 0.717) is 32.1 Å². The minimum atomic E-state index is -0.959. The lowest BCUT2D eigenvalue weighted by atomic mass is 9.93. The van der Waals surface area contributed by atoms with Crippen LogP contribution in [0.5, 0.6) is 0 Å². The van der Waals surface area contributed by atoms with Gasteiger partial charge >= 0.3 is 5.97 Å². The van der Waals surface area contributed by atoms with Gasteiger partial charge in [-0.1, -0.05) is 38.5 Å². The number of likely N-dealkylation sites (N-methyl/N-ethyl adjacent to an activating group) is 1. The quantitative estimate of drug-likeness (QED) is 0.777. The first-order valence-corrected chi connectivity index (χ1v) is 11.6. The summed E-state index contributed by atoms with van der Waals surface area (Å²) < 4.78 is 0. The van der Waals surface area contributed by atoms with E-state index in [0.717, 1.165) is 43.5 Å². The minimum absolute atomic E-state index is 0.00260. The average Bonchev–Trinajstić information content (AvgIpc) is 2.78. The van der Waals surface area contributed by atoms with E-state index in [9.17, 15) is 14.4 Å². The molecule has 7 heteroatoms. The molecule has 2 heterocycles. The van der Waals surface area contributed by atoms with Gasteiger partial charge in [0, 0.05) is 50.2 Å². The highest BCUT2D eigenvalue weighted by Crippen LogP contribution is 2.30. The number of benzene rings is 1. The third kappa shape index (κ3) is 5.64. The Morgan fingerprint density at radius 1 is 1.00 bits per heavy atom. The molecule has 31 heavy (non-hydrogen) atoms. The Balaban J connectivity index is 1.99. The average molecular weight is 430 g/mol. The van der Waals surface area contributed by atoms with Crippen molar-refractivity contribution in [3.8, 4) is 0 Å². The van der Waals surface area contributed by atoms with Gasteiger partial charge < -0.3 is 14.9 Å². The van der Waals surface area contributed by atoms with Crippen LogP contribution < -0.4 is 4.90 Å². The van der Waals surface area contributed by atoms with Crippen molar-refractivity contribution in [2.24, 2.45) is 0 Å². The highest BCUT2D eigenvalue weighted by atomic mass is 16.4. The number of hydrogen-bond acceptors (Lipinski definition) is 4. The molecule has 0 spiro atoms. The Bertz CT molecular complexity index is 797. The molecule has 0 aromatic heterocycles. The summed E-state index contributed by atoms with van der Waals surface area (Å²) in [7, 11) is 0. The lowest BCUT2D eigenvalue weighted by Gasteiger charge is -2.43. The first kappa shape index (κ1) is 23.3. The number of amides is 2. The van der Waals surface area contributed by atoms with Gasteiger partial charge in [-0.25, -0.2) is 0 Å². The van der Waals surface area contributed by atoms with Crippen LogP contribution >= 0.6 is 0 Å². The van der Waals surface area contributed by atoms with Crippen molar-refractivity contribution in [1.82, 2.24) is 9.80 Å². The molecule has 3 rings (SSSR count). The number of rotatable bonds is 5. The van der Waals surface area contributed by atoms with Crippen molar-refractivity contribution in [3.63, 3.8) is 0 Å². The first-order valence-electron chi connectivity index (χ1n) is 11.6. The van der Waals surface area contributed by atoms with Crippen molar-refractivity contribution in [2.45, 2.75) is 77.4 Å². The summed E-state index contributed by atoms with van der Waals surface area (Å²) in [5, 5.41) is 9.06. The molecule has 0 saturated carbocycles. The monoisotopic (exact) mass is 429 g/mol. The maximum atomic E-state index is 13.1. The molecule has 2 aliphatic rings. The Kier molecular flexibility index (Phi) is 8.07. The van der Waals surface area contributed by atoms with E-state index >= 15 is 0 Å². The molecule has 2 unspecified atom stereocenters. The fraction of sp³-hybridized carbons (Fsp3) is 0.625. The van der Waals surface area contributed by atoms with Gasteiger partial charge in [-0.2, -0.15) is 0 Å². The molecule has 1 aromatic rings. The topological polar surface area (TPSA) is 81.2 Å². The predicted molar refractivity (Wildman–Crippen MR) is 120 cm³/mol. The van der Waals surface area contributed by atoms with Crippen molar-refractivity contribution in [3.05, 3.63) is 29.8 Å². The fourth-order valence-electron chi connectivity index (χ4n) is 5.08. The highest BCUT2D eigenvalue weighted by molar-refractivity contribution is 5.94. The highest BCUT2D eigenvalue weighted by Gasteiger charge is 2.33. The maximum absolute atomic E-state index is 13.1. The molecular weight excluding hydrogens is 394 g/mol. The van der Waals surface area contributed by atoms with Crippen molar-refractivity contribution >= 4 is 23.5 Å². The zero-order valence-electron chi connectivity index (χ0n) is 18.8. The Hall–Kier alpha value is -2.41. The number of anilines is 1. The number of fused-ring (bicyclic) bond motifs is 3. The Morgan fingerprint density at radius 2 is 1.74 bits per heavy atom. The Labute approximate surface area is 185 Å². The van der Waals surface area contributed by atoms with Gasteiger partial charge in [0.1, 0.15) is 0 Å². The molecule has 1 fully saturated rings. The minimum Gasteiger partial charge on any atom is -0.481 e. The first-order chi connectivity index (χ1) is 14.9. The van der Waals surface area contributed by atoms with Crippen molar-refractivity contribution < 1.29 is 19.5 Å². The molecule has 1 aromatic carbocycles. The summed E-state index contributed by atoms with van der Waals surface area (Å²) in [6, 6.07) is 8.45. The number of carbonyl (C=O) groups excluding carboxylic acids is 2. The van der Waals surface area contributed by atoms with Crippen LogP contribution in [0.3, 0.4) is 0 Å². The van der Waals surface area contributed by atoms with Crippen LogP contribution in [0, 0.1) is 0 Å². The summed E-state index contributed by atoms with van der Waals surface area (Å²) in [5.41, 5.74) is 1.80. The molecule has 7 nitrogen and oxygen atoms in total. The van der Waals surface area contributed by atoms with Crippen LogP contribution in [-0.4, -0.2) is 64.4 Å². The fourth-order valence-corrected chi connectivity index (χ4v) is 5.08. The summed E-state index contributed by atoms with van der Waals surface area (Å²) in [4.78, 5) is 43.2. The number of hydrogen-bond donors (Lipinski definition) is 1. The van der Waals surface area contributed by atoms with Crippen LogP contribution in [0.4, 0.5) is 5.69 Å². The number of para-hydroxylation sites is 1. The largest absolute Gasteiger partial charge is 0.481 e. The number of carboxylic acids is 1. The van der Waals surface area contributed by atoms with Gasteiger partial charge in [0.2, 0.25) is 11.8 Å². The van der Waals surface area contributed by atoms with Crippen LogP contribution in [0.15, 0.2) is 24.3 Å². The number of carboxylic acid groups (broad SMARTS) is 1. The van der Waals surface area contributed by atoms with Crippen LogP contribution in [0.2, 0.25) is 0 Å². The molecule has 1 N–H and O–H groups in total. The number of carbonyl (C=O) groups is 3. The number of aliphatic carboxylic acids is 1. The molecule has 2 aliphatic heterocycles. The van der Waals surface area contributed by atoms with Gasteiger partial charge in [0.25, 0.3) is 0 Å².